The lowest BCUT2D eigenvalue weighted by atomic mass is 10.1. The fourth-order valence-corrected chi connectivity index (χ4v) is 1.96. The molecular weight excluding hydrogens is 200 g/mol. The standard InChI is InChI=1S/C12H12N4/c1-16-5-4-8-2-3-9(6-11(8)16)10-7-14-15-12(10)13/h2-7H,1H3,(H3,13,14,15). The Bertz CT molecular complexity index is 648. The largest absolute Gasteiger partial charge is 0.384 e. The highest BCUT2D eigenvalue weighted by atomic mass is 15.1. The van der Waals surface area contributed by atoms with E-state index in [1.165, 1.54) is 10.9 Å². The molecule has 16 heavy (non-hydrogen) atoms. The van der Waals surface area contributed by atoms with Gasteiger partial charge in [-0.15, -0.1) is 0 Å². The molecule has 0 saturated heterocycles. The summed E-state index contributed by atoms with van der Waals surface area (Å²) in [5.74, 6) is 0.605. The molecule has 2 heterocycles. The van der Waals surface area contributed by atoms with Crippen LogP contribution in [0.2, 0.25) is 0 Å². The van der Waals surface area contributed by atoms with E-state index in [9.17, 15) is 0 Å². The molecule has 0 unspecified atom stereocenters. The lowest BCUT2D eigenvalue weighted by Gasteiger charge is -2.01. The van der Waals surface area contributed by atoms with E-state index >= 15 is 0 Å². The van der Waals surface area contributed by atoms with Crippen molar-refractivity contribution in [3.8, 4) is 11.1 Å². The maximum Gasteiger partial charge on any atom is 0.126 e. The van der Waals surface area contributed by atoms with Crippen molar-refractivity contribution < 1.29 is 0 Å². The van der Waals surface area contributed by atoms with Gasteiger partial charge in [0.05, 0.1) is 6.20 Å². The second-order valence-corrected chi connectivity index (χ2v) is 3.90. The summed E-state index contributed by atoms with van der Waals surface area (Å²) in [6.07, 6.45) is 3.80. The number of nitrogen functional groups attached to an aromatic ring is 1. The Labute approximate surface area is 92.7 Å². The summed E-state index contributed by atoms with van der Waals surface area (Å²) in [5.41, 5.74) is 9.03. The fourth-order valence-electron chi connectivity index (χ4n) is 1.96. The van der Waals surface area contributed by atoms with E-state index in [0.717, 1.165) is 11.1 Å². The van der Waals surface area contributed by atoms with Gasteiger partial charge in [0.15, 0.2) is 0 Å². The summed E-state index contributed by atoms with van der Waals surface area (Å²) in [4.78, 5) is 0. The number of nitrogens with two attached hydrogens (primary N) is 1. The van der Waals surface area contributed by atoms with Crippen molar-refractivity contribution in [3.63, 3.8) is 0 Å². The van der Waals surface area contributed by atoms with E-state index < -0.39 is 0 Å². The van der Waals surface area contributed by atoms with Crippen molar-refractivity contribution >= 4 is 16.7 Å². The Hall–Kier alpha value is -2.23. The minimum absolute atomic E-state index is 0.605. The van der Waals surface area contributed by atoms with E-state index in [1.807, 2.05) is 13.2 Å². The van der Waals surface area contributed by atoms with Crippen LogP contribution in [0, 0.1) is 0 Å². The molecular formula is C12H12N4. The van der Waals surface area contributed by atoms with Gasteiger partial charge in [-0.2, -0.15) is 5.10 Å². The first kappa shape index (κ1) is 9.03. The quantitative estimate of drug-likeness (QED) is 0.649. The predicted octanol–water partition coefficient (Wildman–Crippen LogP) is 2.15. The number of aryl methyl sites for hydroxylation is 1. The molecule has 0 fully saturated rings. The molecule has 3 N–H and O–H groups in total. The molecule has 0 aliphatic heterocycles. The van der Waals surface area contributed by atoms with Crippen molar-refractivity contribution in [2.45, 2.75) is 0 Å². The Morgan fingerprint density at radius 2 is 2.19 bits per heavy atom. The van der Waals surface area contributed by atoms with Gasteiger partial charge in [-0.1, -0.05) is 12.1 Å². The molecule has 0 spiro atoms. The Balaban J connectivity index is 2.25. The number of fused-ring (bicyclic) bond motifs is 1. The number of anilines is 1. The number of aromatic amines is 1. The number of hydrogen-bond donors (Lipinski definition) is 2. The summed E-state index contributed by atoms with van der Waals surface area (Å²) in [5, 5.41) is 7.91. The number of nitrogens with one attached hydrogen (secondary N) is 1. The van der Waals surface area contributed by atoms with Gasteiger partial charge in [0, 0.05) is 24.3 Å². The second-order valence-electron chi connectivity index (χ2n) is 3.90. The number of hydrogen-bond acceptors (Lipinski definition) is 2. The summed E-state index contributed by atoms with van der Waals surface area (Å²) in [6.45, 7) is 0. The molecule has 3 aromatic rings. The zero-order chi connectivity index (χ0) is 11.1. The molecule has 2 aromatic heterocycles. The van der Waals surface area contributed by atoms with Crippen molar-refractivity contribution in [1.82, 2.24) is 14.8 Å². The molecule has 1 aromatic carbocycles. The lowest BCUT2D eigenvalue weighted by Crippen LogP contribution is -1.88. The molecule has 4 heteroatoms. The van der Waals surface area contributed by atoms with Gasteiger partial charge in [0.1, 0.15) is 5.82 Å². The Morgan fingerprint density at radius 1 is 1.31 bits per heavy atom. The van der Waals surface area contributed by atoms with Crippen LogP contribution in [-0.4, -0.2) is 14.8 Å². The van der Waals surface area contributed by atoms with Crippen LogP contribution in [0.3, 0.4) is 0 Å². The van der Waals surface area contributed by atoms with Crippen LogP contribution in [0.5, 0.6) is 0 Å². The topological polar surface area (TPSA) is 59.6 Å². The van der Waals surface area contributed by atoms with E-state index in [4.69, 9.17) is 5.73 Å². The van der Waals surface area contributed by atoms with Crippen LogP contribution < -0.4 is 5.73 Å². The number of nitrogens with zero attached hydrogens (tertiary/aromatic N) is 2. The molecule has 0 amide bonds. The van der Waals surface area contributed by atoms with Gasteiger partial charge < -0.3 is 10.3 Å². The average molecular weight is 212 g/mol. The number of H-pyrrole nitrogens is 1. The van der Waals surface area contributed by atoms with Crippen LogP contribution in [0.4, 0.5) is 5.82 Å². The highest BCUT2D eigenvalue weighted by Crippen LogP contribution is 2.27. The van der Waals surface area contributed by atoms with Gasteiger partial charge in [-0.3, -0.25) is 5.10 Å². The third-order valence-electron chi connectivity index (χ3n) is 2.87. The van der Waals surface area contributed by atoms with E-state index in [-0.39, 0.29) is 0 Å². The van der Waals surface area contributed by atoms with Gasteiger partial charge in [-0.25, -0.2) is 0 Å². The van der Waals surface area contributed by atoms with Crippen LogP contribution in [0.1, 0.15) is 0 Å². The van der Waals surface area contributed by atoms with Crippen LogP contribution in [0.25, 0.3) is 22.0 Å². The second kappa shape index (κ2) is 3.13. The molecule has 0 atom stereocenters. The third kappa shape index (κ3) is 1.20. The van der Waals surface area contributed by atoms with Crippen molar-refractivity contribution in [2.75, 3.05) is 5.73 Å². The summed E-state index contributed by atoms with van der Waals surface area (Å²) in [7, 11) is 2.03. The maximum atomic E-state index is 5.81. The average Bonchev–Trinajstić information content (AvgIpc) is 2.86. The fraction of sp³-hybridized carbons (Fsp3) is 0.0833. The minimum atomic E-state index is 0.605. The highest BCUT2D eigenvalue weighted by molar-refractivity contribution is 5.87. The van der Waals surface area contributed by atoms with Gasteiger partial charge >= 0.3 is 0 Å². The molecule has 0 aliphatic rings. The third-order valence-corrected chi connectivity index (χ3v) is 2.87. The summed E-state index contributed by atoms with van der Waals surface area (Å²) in [6, 6.07) is 8.37. The van der Waals surface area contributed by atoms with Crippen molar-refractivity contribution in [2.24, 2.45) is 7.05 Å². The van der Waals surface area contributed by atoms with Crippen LogP contribution >= 0.6 is 0 Å². The Morgan fingerprint density at radius 3 is 2.94 bits per heavy atom. The Kier molecular flexibility index (Phi) is 1.77. The number of benzene rings is 1. The molecule has 0 aliphatic carbocycles. The first-order valence-corrected chi connectivity index (χ1v) is 5.10. The zero-order valence-corrected chi connectivity index (χ0v) is 8.94. The van der Waals surface area contributed by atoms with Crippen molar-refractivity contribution in [3.05, 3.63) is 36.7 Å². The molecule has 0 saturated carbocycles. The lowest BCUT2D eigenvalue weighted by molar-refractivity contribution is 0.969. The molecule has 3 rings (SSSR count). The van der Waals surface area contributed by atoms with Gasteiger partial charge in [-0.05, 0) is 23.1 Å². The smallest absolute Gasteiger partial charge is 0.126 e. The minimum Gasteiger partial charge on any atom is -0.384 e. The molecule has 0 bridgehead atoms. The van der Waals surface area contributed by atoms with Gasteiger partial charge in [0.2, 0.25) is 0 Å². The highest BCUT2D eigenvalue weighted by Gasteiger charge is 2.06. The van der Waals surface area contributed by atoms with Crippen molar-refractivity contribution in [1.29, 1.82) is 0 Å². The normalized spacial score (nSPS) is 11.1. The number of rotatable bonds is 1. The zero-order valence-electron chi connectivity index (χ0n) is 8.94. The van der Waals surface area contributed by atoms with E-state index in [2.05, 4.69) is 39.0 Å². The maximum absolute atomic E-state index is 5.81. The first-order valence-electron chi connectivity index (χ1n) is 5.10. The summed E-state index contributed by atoms with van der Waals surface area (Å²) >= 11 is 0. The first-order chi connectivity index (χ1) is 7.75. The van der Waals surface area contributed by atoms with E-state index in [0.29, 0.717) is 5.82 Å². The molecule has 80 valence electrons. The SMILES string of the molecule is Cn1ccc2ccc(-c3cn[nH]c3N)cc21. The number of aromatic nitrogens is 3. The van der Waals surface area contributed by atoms with Crippen LogP contribution in [0.15, 0.2) is 36.7 Å². The monoisotopic (exact) mass is 212 g/mol. The van der Waals surface area contributed by atoms with Gasteiger partial charge in [0.25, 0.3) is 0 Å². The summed E-state index contributed by atoms with van der Waals surface area (Å²) < 4.78 is 2.09. The predicted molar refractivity (Wildman–Crippen MR) is 64.9 cm³/mol. The van der Waals surface area contributed by atoms with E-state index in [1.54, 1.807) is 6.20 Å². The molecule has 4 nitrogen and oxygen atoms in total. The van der Waals surface area contributed by atoms with Crippen LogP contribution in [-0.2, 0) is 7.05 Å². The molecule has 0 radical (unpaired) electrons.